The van der Waals surface area contributed by atoms with E-state index in [1.807, 2.05) is 13.8 Å². The molecule has 1 aliphatic heterocycles. The second kappa shape index (κ2) is 10.4. The van der Waals surface area contributed by atoms with E-state index in [0.29, 0.717) is 5.75 Å². The van der Waals surface area contributed by atoms with Crippen LogP contribution in [0.4, 0.5) is 0 Å². The van der Waals surface area contributed by atoms with Crippen molar-refractivity contribution in [2.24, 2.45) is 0 Å². The molecule has 0 fully saturated rings. The Morgan fingerprint density at radius 2 is 1.50 bits per heavy atom. The molecule has 1 atom stereocenters. The molecule has 1 aromatic rings. The highest BCUT2D eigenvalue weighted by molar-refractivity contribution is 5.58. The van der Waals surface area contributed by atoms with Gasteiger partial charge in [0, 0.05) is 12.0 Å². The van der Waals surface area contributed by atoms with Gasteiger partial charge in [0.2, 0.25) is 0 Å². The maximum absolute atomic E-state index is 10.4. The molecular weight excluding hydrogens is 368 g/mol. The molecule has 2 heteroatoms. The van der Waals surface area contributed by atoms with Gasteiger partial charge in [-0.15, -0.1) is 0 Å². The average Bonchev–Trinajstić information content (AvgIpc) is 2.69. The van der Waals surface area contributed by atoms with Crippen molar-refractivity contribution < 1.29 is 9.84 Å². The van der Waals surface area contributed by atoms with Crippen molar-refractivity contribution in [2.75, 3.05) is 0 Å². The first-order chi connectivity index (χ1) is 14.0. The van der Waals surface area contributed by atoms with Crippen molar-refractivity contribution in [3.05, 3.63) is 57.2 Å². The van der Waals surface area contributed by atoms with Crippen molar-refractivity contribution in [3.63, 3.8) is 0 Å². The van der Waals surface area contributed by atoms with Crippen molar-refractivity contribution in [1.82, 2.24) is 0 Å². The number of fused-ring (bicyclic) bond motifs is 1. The third kappa shape index (κ3) is 6.27. The van der Waals surface area contributed by atoms with Crippen LogP contribution in [-0.4, -0.2) is 10.7 Å². The second-order valence-corrected chi connectivity index (χ2v) is 9.75. The second-order valence-electron chi connectivity index (χ2n) is 9.75. The summed E-state index contributed by atoms with van der Waals surface area (Å²) in [5.74, 6) is 1.43. The van der Waals surface area contributed by atoms with Crippen molar-refractivity contribution in [2.45, 2.75) is 106 Å². The van der Waals surface area contributed by atoms with Gasteiger partial charge < -0.3 is 9.84 Å². The Bertz CT molecular complexity index is 850. The fraction of sp³-hybridized carbons (Fsp3) is 0.571. The standard InChI is InChI=1S/C28H42O2/c1-19(2)11-9-12-20(3)13-10-14-21(4)15-17-28(8)18-16-25-24(7)26(29)22(5)23(6)27(25)30-28/h11,13,15,29H,9-10,12,14,16-18H2,1-8H3. The van der Waals surface area contributed by atoms with E-state index >= 15 is 0 Å². The molecule has 1 heterocycles. The van der Waals surface area contributed by atoms with E-state index in [0.717, 1.165) is 67.4 Å². The first-order valence-corrected chi connectivity index (χ1v) is 11.5. The highest BCUT2D eigenvalue weighted by Gasteiger charge is 2.33. The van der Waals surface area contributed by atoms with Crippen molar-refractivity contribution >= 4 is 0 Å². The van der Waals surface area contributed by atoms with Gasteiger partial charge in [-0.25, -0.2) is 0 Å². The molecule has 0 aliphatic carbocycles. The highest BCUT2D eigenvalue weighted by atomic mass is 16.5. The Hall–Kier alpha value is -1.96. The topological polar surface area (TPSA) is 29.5 Å². The summed E-state index contributed by atoms with van der Waals surface area (Å²) in [6, 6.07) is 0. The minimum absolute atomic E-state index is 0.176. The van der Waals surface area contributed by atoms with Gasteiger partial charge in [-0.2, -0.15) is 0 Å². The van der Waals surface area contributed by atoms with Gasteiger partial charge in [-0.3, -0.25) is 0 Å². The van der Waals surface area contributed by atoms with Gasteiger partial charge in [0.15, 0.2) is 0 Å². The number of ether oxygens (including phenoxy) is 1. The van der Waals surface area contributed by atoms with E-state index in [9.17, 15) is 5.11 Å². The fourth-order valence-electron chi connectivity index (χ4n) is 4.17. The third-order valence-corrected chi connectivity index (χ3v) is 6.60. The predicted octanol–water partition coefficient (Wildman–Crippen LogP) is 8.21. The number of allylic oxidation sites excluding steroid dienone is 5. The quantitative estimate of drug-likeness (QED) is 0.437. The lowest BCUT2D eigenvalue weighted by Gasteiger charge is -2.37. The van der Waals surface area contributed by atoms with E-state index in [1.54, 1.807) is 0 Å². The summed E-state index contributed by atoms with van der Waals surface area (Å²) in [5, 5.41) is 10.4. The van der Waals surface area contributed by atoms with Gasteiger partial charge in [0.25, 0.3) is 0 Å². The van der Waals surface area contributed by atoms with Crippen LogP contribution < -0.4 is 4.74 Å². The summed E-state index contributed by atoms with van der Waals surface area (Å²) in [6.07, 6.45) is 14.5. The van der Waals surface area contributed by atoms with Crippen LogP contribution in [0.15, 0.2) is 34.9 Å². The first-order valence-electron chi connectivity index (χ1n) is 11.5. The normalized spacial score (nSPS) is 19.3. The summed E-state index contributed by atoms with van der Waals surface area (Å²) in [5.41, 5.74) is 8.33. The third-order valence-electron chi connectivity index (χ3n) is 6.60. The molecule has 1 N–H and O–H groups in total. The molecule has 1 aliphatic rings. The Morgan fingerprint density at radius 1 is 0.900 bits per heavy atom. The number of hydrogen-bond donors (Lipinski definition) is 1. The number of hydrogen-bond acceptors (Lipinski definition) is 2. The zero-order valence-corrected chi connectivity index (χ0v) is 20.5. The zero-order chi connectivity index (χ0) is 22.5. The number of rotatable bonds is 8. The summed E-state index contributed by atoms with van der Waals surface area (Å²) in [6.45, 7) is 17.1. The lowest BCUT2D eigenvalue weighted by Crippen LogP contribution is -2.36. The van der Waals surface area contributed by atoms with Crippen LogP contribution in [0.3, 0.4) is 0 Å². The van der Waals surface area contributed by atoms with Gasteiger partial charge in [-0.1, -0.05) is 34.9 Å². The van der Waals surface area contributed by atoms with E-state index in [2.05, 4.69) is 59.8 Å². The summed E-state index contributed by atoms with van der Waals surface area (Å²) >= 11 is 0. The van der Waals surface area contributed by atoms with Crippen LogP contribution in [-0.2, 0) is 6.42 Å². The van der Waals surface area contributed by atoms with Crippen LogP contribution >= 0.6 is 0 Å². The van der Waals surface area contributed by atoms with Gasteiger partial charge in [-0.05, 0) is 111 Å². The number of benzene rings is 1. The van der Waals surface area contributed by atoms with Gasteiger partial charge in [0.1, 0.15) is 17.1 Å². The predicted molar refractivity (Wildman–Crippen MR) is 130 cm³/mol. The Labute approximate surface area is 184 Å². The minimum atomic E-state index is -0.176. The summed E-state index contributed by atoms with van der Waals surface area (Å²) in [7, 11) is 0. The highest BCUT2D eigenvalue weighted by Crippen LogP contribution is 2.44. The SMILES string of the molecule is CC(C)=CCCC(C)=CCCC(C)=CCC1(C)CCc2c(C)c(O)c(C)c(C)c2O1. The smallest absolute Gasteiger partial charge is 0.127 e. The number of phenols is 1. The fourth-order valence-corrected chi connectivity index (χ4v) is 4.17. The summed E-state index contributed by atoms with van der Waals surface area (Å²) < 4.78 is 6.55. The monoisotopic (exact) mass is 410 g/mol. The average molecular weight is 411 g/mol. The Balaban J connectivity index is 1.95. The molecule has 0 saturated heterocycles. The van der Waals surface area contributed by atoms with E-state index in [4.69, 9.17) is 4.74 Å². The molecule has 0 aromatic heterocycles. The van der Waals surface area contributed by atoms with E-state index in [1.165, 1.54) is 22.3 Å². The molecule has 2 rings (SSSR count). The number of aromatic hydroxyl groups is 1. The molecule has 0 radical (unpaired) electrons. The lowest BCUT2D eigenvalue weighted by molar-refractivity contribution is 0.0665. The Morgan fingerprint density at radius 3 is 2.13 bits per heavy atom. The molecule has 166 valence electrons. The molecule has 0 spiro atoms. The van der Waals surface area contributed by atoms with E-state index < -0.39 is 0 Å². The van der Waals surface area contributed by atoms with Crippen molar-refractivity contribution in [1.29, 1.82) is 0 Å². The molecule has 1 aromatic carbocycles. The van der Waals surface area contributed by atoms with Gasteiger partial charge >= 0.3 is 0 Å². The molecule has 0 bridgehead atoms. The van der Waals surface area contributed by atoms with Crippen molar-refractivity contribution in [3.8, 4) is 11.5 Å². The van der Waals surface area contributed by atoms with Crippen LogP contribution in [0.25, 0.3) is 0 Å². The molecular formula is C28H42O2. The molecule has 2 nitrogen and oxygen atoms in total. The summed E-state index contributed by atoms with van der Waals surface area (Å²) in [4.78, 5) is 0. The van der Waals surface area contributed by atoms with Crippen LogP contribution in [0, 0.1) is 20.8 Å². The van der Waals surface area contributed by atoms with Crippen LogP contribution in [0.2, 0.25) is 0 Å². The zero-order valence-electron chi connectivity index (χ0n) is 20.5. The first kappa shape index (κ1) is 24.3. The lowest BCUT2D eigenvalue weighted by atomic mass is 9.85. The minimum Gasteiger partial charge on any atom is -0.507 e. The maximum atomic E-state index is 10.4. The molecule has 30 heavy (non-hydrogen) atoms. The van der Waals surface area contributed by atoms with E-state index in [-0.39, 0.29) is 5.60 Å². The molecule has 0 amide bonds. The maximum Gasteiger partial charge on any atom is 0.127 e. The number of phenolic OH excluding ortho intramolecular Hbond substituents is 1. The van der Waals surface area contributed by atoms with Gasteiger partial charge in [0.05, 0.1) is 0 Å². The largest absolute Gasteiger partial charge is 0.507 e. The molecule has 0 saturated carbocycles. The van der Waals surface area contributed by atoms with Crippen LogP contribution in [0.5, 0.6) is 11.5 Å². The molecule has 1 unspecified atom stereocenters. The Kier molecular flexibility index (Phi) is 8.41. The van der Waals surface area contributed by atoms with Crippen LogP contribution in [0.1, 0.15) is 95.4 Å².